The molecule has 5 nitrogen and oxygen atoms in total. The fraction of sp³-hybridized carbons (Fsp3) is 0.556. The minimum atomic E-state index is -1.27. The van der Waals surface area contributed by atoms with Gasteiger partial charge in [0.25, 0.3) is 0 Å². The third-order valence-electron chi connectivity index (χ3n) is 4.65. The minimum Gasteiger partial charge on any atom is -0.344 e. The number of carbonyl (C=O) groups excluding carboxylic acids is 2. The molecule has 8 heteroatoms. The van der Waals surface area contributed by atoms with Crippen molar-refractivity contribution in [2.75, 3.05) is 20.1 Å². The maximum absolute atomic E-state index is 13.7. The smallest absolute Gasteiger partial charge is 0.245 e. The first kappa shape index (κ1) is 20.2. The number of rotatable bonds is 5. The predicted octanol–water partition coefficient (Wildman–Crippen LogP) is 1.83. The highest BCUT2D eigenvalue weighted by Gasteiger charge is 2.33. The van der Waals surface area contributed by atoms with Crippen LogP contribution in [0.3, 0.4) is 0 Å². The van der Waals surface area contributed by atoms with E-state index >= 15 is 0 Å². The predicted molar refractivity (Wildman–Crippen MR) is 90.7 cm³/mol. The lowest BCUT2D eigenvalue weighted by molar-refractivity contribution is -0.143. The molecule has 2 N–H and O–H groups in total. The van der Waals surface area contributed by atoms with Crippen LogP contribution in [0.15, 0.2) is 12.1 Å². The zero-order chi connectivity index (χ0) is 19.4. The van der Waals surface area contributed by atoms with Crippen molar-refractivity contribution in [1.29, 1.82) is 0 Å². The van der Waals surface area contributed by atoms with Crippen LogP contribution < -0.4 is 5.73 Å². The molecule has 1 unspecified atom stereocenters. The van der Waals surface area contributed by atoms with Crippen LogP contribution in [0.2, 0.25) is 0 Å². The van der Waals surface area contributed by atoms with Gasteiger partial charge in [-0.1, -0.05) is 6.92 Å². The molecule has 1 aromatic rings. The summed E-state index contributed by atoms with van der Waals surface area (Å²) in [6.45, 7) is 2.85. The summed E-state index contributed by atoms with van der Waals surface area (Å²) in [5, 5.41) is 0. The van der Waals surface area contributed by atoms with Crippen LogP contribution >= 0.6 is 0 Å². The summed E-state index contributed by atoms with van der Waals surface area (Å²) in [4.78, 5) is 28.1. The highest BCUT2D eigenvalue weighted by atomic mass is 19.2. The summed E-state index contributed by atoms with van der Waals surface area (Å²) >= 11 is 0. The van der Waals surface area contributed by atoms with E-state index in [0.717, 1.165) is 6.07 Å². The fourth-order valence-electron chi connectivity index (χ4n) is 3.24. The fourth-order valence-corrected chi connectivity index (χ4v) is 3.24. The average molecular weight is 371 g/mol. The molecule has 1 saturated heterocycles. The molecule has 2 amide bonds. The Morgan fingerprint density at radius 2 is 1.88 bits per heavy atom. The van der Waals surface area contributed by atoms with Crippen molar-refractivity contribution in [3.63, 3.8) is 0 Å². The molecule has 2 rings (SSSR count). The lowest BCUT2D eigenvalue weighted by Gasteiger charge is -2.30. The van der Waals surface area contributed by atoms with Crippen LogP contribution in [0, 0.1) is 17.5 Å². The van der Waals surface area contributed by atoms with Gasteiger partial charge in [-0.15, -0.1) is 0 Å². The minimum absolute atomic E-state index is 0.0806. The van der Waals surface area contributed by atoms with E-state index in [0.29, 0.717) is 32.0 Å². The third-order valence-corrected chi connectivity index (χ3v) is 4.65. The molecule has 1 aliphatic rings. The SMILES string of the molecule is CCC1C(=O)N(C)CCCN1C(=O)C[C@H](N)Cc1cc(F)c(F)cc1F. The Balaban J connectivity index is 2.06. The van der Waals surface area contributed by atoms with Gasteiger partial charge in [-0.25, -0.2) is 13.2 Å². The first-order valence-electron chi connectivity index (χ1n) is 8.68. The van der Waals surface area contributed by atoms with Crippen LogP contribution in [0.1, 0.15) is 31.7 Å². The molecule has 0 saturated carbocycles. The van der Waals surface area contributed by atoms with E-state index in [2.05, 4.69) is 0 Å². The highest BCUT2D eigenvalue weighted by Crippen LogP contribution is 2.18. The number of likely N-dealkylation sites (N-methyl/N-ethyl adjacent to an activating group) is 1. The van der Waals surface area contributed by atoms with Crippen LogP contribution in [-0.2, 0) is 16.0 Å². The topological polar surface area (TPSA) is 66.6 Å². The van der Waals surface area contributed by atoms with E-state index in [-0.39, 0.29) is 30.2 Å². The Morgan fingerprint density at radius 1 is 1.23 bits per heavy atom. The van der Waals surface area contributed by atoms with Crippen molar-refractivity contribution in [3.8, 4) is 0 Å². The number of carbonyl (C=O) groups is 2. The number of nitrogens with two attached hydrogens (primary N) is 1. The second kappa shape index (κ2) is 8.53. The molecule has 26 heavy (non-hydrogen) atoms. The average Bonchev–Trinajstić information content (AvgIpc) is 2.71. The zero-order valence-corrected chi connectivity index (χ0v) is 15.0. The Kier molecular flexibility index (Phi) is 6.63. The lowest BCUT2D eigenvalue weighted by Crippen LogP contribution is -2.48. The molecular weight excluding hydrogens is 347 g/mol. The standard InChI is InChI=1S/C18H24F3N3O2/c1-3-16-18(26)23(2)5-4-6-24(16)17(25)9-12(22)7-11-8-14(20)15(21)10-13(11)19/h8,10,12,16H,3-7,9,22H2,1-2H3/t12-,16?/m1/s1. The molecule has 0 spiro atoms. The number of hydrogen-bond donors (Lipinski definition) is 1. The van der Waals surface area contributed by atoms with Crippen LogP contribution in [-0.4, -0.2) is 53.8 Å². The number of halogens is 3. The van der Waals surface area contributed by atoms with Gasteiger partial charge in [-0.3, -0.25) is 9.59 Å². The molecule has 1 aliphatic heterocycles. The maximum atomic E-state index is 13.7. The molecule has 0 aromatic heterocycles. The summed E-state index contributed by atoms with van der Waals surface area (Å²) < 4.78 is 40.0. The second-order valence-corrected chi connectivity index (χ2v) is 6.65. The third kappa shape index (κ3) is 4.55. The van der Waals surface area contributed by atoms with Gasteiger partial charge in [0.2, 0.25) is 11.8 Å². The molecule has 1 fully saturated rings. The first-order valence-corrected chi connectivity index (χ1v) is 8.68. The summed E-state index contributed by atoms with van der Waals surface area (Å²) in [6, 6.07) is -0.0816. The van der Waals surface area contributed by atoms with Crippen molar-refractivity contribution in [2.45, 2.75) is 44.7 Å². The van der Waals surface area contributed by atoms with Crippen molar-refractivity contribution < 1.29 is 22.8 Å². The van der Waals surface area contributed by atoms with E-state index in [9.17, 15) is 22.8 Å². The van der Waals surface area contributed by atoms with E-state index < -0.39 is 29.5 Å². The molecule has 2 atom stereocenters. The second-order valence-electron chi connectivity index (χ2n) is 6.65. The van der Waals surface area contributed by atoms with E-state index in [4.69, 9.17) is 5.73 Å². The molecule has 0 aliphatic carbocycles. The number of amides is 2. The summed E-state index contributed by atoms with van der Waals surface area (Å²) in [5.74, 6) is -3.74. The van der Waals surface area contributed by atoms with Gasteiger partial charge in [0.05, 0.1) is 0 Å². The van der Waals surface area contributed by atoms with E-state index in [1.54, 1.807) is 11.9 Å². The Bertz CT molecular complexity index is 684. The molecular formula is C18H24F3N3O2. The van der Waals surface area contributed by atoms with Crippen LogP contribution in [0.5, 0.6) is 0 Å². The molecule has 1 aromatic carbocycles. The molecule has 0 radical (unpaired) electrons. The Morgan fingerprint density at radius 3 is 2.54 bits per heavy atom. The lowest BCUT2D eigenvalue weighted by atomic mass is 10.0. The van der Waals surface area contributed by atoms with E-state index in [1.807, 2.05) is 6.92 Å². The molecule has 1 heterocycles. The number of benzene rings is 1. The van der Waals surface area contributed by atoms with E-state index in [1.165, 1.54) is 4.90 Å². The quantitative estimate of drug-likeness (QED) is 0.803. The van der Waals surface area contributed by atoms with Crippen LogP contribution in [0.4, 0.5) is 13.2 Å². The summed E-state index contributed by atoms with van der Waals surface area (Å²) in [7, 11) is 1.70. The van der Waals surface area contributed by atoms with Gasteiger partial charge in [0.15, 0.2) is 11.6 Å². The van der Waals surface area contributed by atoms with Crippen molar-refractivity contribution in [3.05, 3.63) is 35.1 Å². The number of nitrogens with zero attached hydrogens (tertiary/aromatic N) is 2. The van der Waals surface area contributed by atoms with Gasteiger partial charge in [-0.05, 0) is 30.9 Å². The Labute approximate surface area is 150 Å². The molecule has 144 valence electrons. The first-order chi connectivity index (χ1) is 12.2. The van der Waals surface area contributed by atoms with Gasteiger partial charge < -0.3 is 15.5 Å². The van der Waals surface area contributed by atoms with Crippen molar-refractivity contribution in [2.24, 2.45) is 5.73 Å². The van der Waals surface area contributed by atoms with Gasteiger partial charge in [0, 0.05) is 38.7 Å². The van der Waals surface area contributed by atoms with Gasteiger partial charge >= 0.3 is 0 Å². The maximum Gasteiger partial charge on any atom is 0.245 e. The largest absolute Gasteiger partial charge is 0.344 e. The van der Waals surface area contributed by atoms with Gasteiger partial charge in [0.1, 0.15) is 11.9 Å². The normalized spacial score (nSPS) is 19.5. The van der Waals surface area contributed by atoms with Crippen molar-refractivity contribution in [1.82, 2.24) is 9.80 Å². The monoisotopic (exact) mass is 371 g/mol. The zero-order valence-electron chi connectivity index (χ0n) is 15.0. The van der Waals surface area contributed by atoms with Gasteiger partial charge in [-0.2, -0.15) is 0 Å². The van der Waals surface area contributed by atoms with Crippen LogP contribution in [0.25, 0.3) is 0 Å². The van der Waals surface area contributed by atoms with Crippen molar-refractivity contribution >= 4 is 11.8 Å². The Hall–Kier alpha value is -2.09. The number of hydrogen-bond acceptors (Lipinski definition) is 3. The summed E-state index contributed by atoms with van der Waals surface area (Å²) in [5.41, 5.74) is 5.85. The molecule has 0 bridgehead atoms. The highest BCUT2D eigenvalue weighted by molar-refractivity contribution is 5.88. The summed E-state index contributed by atoms with van der Waals surface area (Å²) in [6.07, 6.45) is 0.943.